The summed E-state index contributed by atoms with van der Waals surface area (Å²) in [6.07, 6.45) is 4.29. The standard InChI is InChI=1S/C15H23NO4/c1-13(2,3)20-12(19)16-15-6-14(7-15,8-15)10-4-9(5-10)11(17)18/h9-10H,4-8H2,1-3H3,(H,16,19)(H,17,18). The van der Waals surface area contributed by atoms with Crippen molar-refractivity contribution < 1.29 is 19.4 Å². The molecule has 1 amide bonds. The molecular weight excluding hydrogens is 258 g/mol. The fourth-order valence-corrected chi connectivity index (χ4v) is 4.27. The number of rotatable bonds is 3. The van der Waals surface area contributed by atoms with Crippen molar-refractivity contribution in [2.45, 2.75) is 64.0 Å². The summed E-state index contributed by atoms with van der Waals surface area (Å²) in [7, 11) is 0. The summed E-state index contributed by atoms with van der Waals surface area (Å²) in [5.74, 6) is -0.246. The zero-order valence-corrected chi connectivity index (χ0v) is 12.4. The van der Waals surface area contributed by atoms with Crippen LogP contribution in [-0.2, 0) is 9.53 Å². The second-order valence-electron chi connectivity index (χ2n) is 8.00. The first-order valence-electron chi connectivity index (χ1n) is 7.37. The minimum absolute atomic E-state index is 0.0589. The van der Waals surface area contributed by atoms with E-state index >= 15 is 0 Å². The predicted octanol–water partition coefficient (Wildman–Crippen LogP) is 2.54. The second kappa shape index (κ2) is 3.89. The molecule has 0 spiro atoms. The molecule has 2 bridgehead atoms. The first-order valence-corrected chi connectivity index (χ1v) is 7.37. The van der Waals surface area contributed by atoms with Crippen molar-refractivity contribution in [1.29, 1.82) is 0 Å². The van der Waals surface area contributed by atoms with E-state index in [-0.39, 0.29) is 17.6 Å². The molecule has 0 unspecified atom stereocenters. The van der Waals surface area contributed by atoms with Gasteiger partial charge in [0.2, 0.25) is 0 Å². The van der Waals surface area contributed by atoms with Crippen molar-refractivity contribution in [3.63, 3.8) is 0 Å². The van der Waals surface area contributed by atoms with Gasteiger partial charge in [0.1, 0.15) is 5.60 Å². The fourth-order valence-electron chi connectivity index (χ4n) is 4.27. The van der Waals surface area contributed by atoms with E-state index < -0.39 is 11.6 Å². The molecule has 5 heteroatoms. The van der Waals surface area contributed by atoms with Gasteiger partial charge in [0.25, 0.3) is 0 Å². The van der Waals surface area contributed by atoms with Crippen LogP contribution in [0, 0.1) is 17.3 Å². The van der Waals surface area contributed by atoms with Crippen molar-refractivity contribution in [3.8, 4) is 0 Å². The lowest BCUT2D eigenvalue weighted by molar-refractivity contribution is -0.215. The normalized spacial score (nSPS) is 41.8. The van der Waals surface area contributed by atoms with E-state index in [0.717, 1.165) is 32.1 Å². The highest BCUT2D eigenvalue weighted by molar-refractivity contribution is 5.71. The Morgan fingerprint density at radius 1 is 1.20 bits per heavy atom. The minimum atomic E-state index is -0.658. The van der Waals surface area contributed by atoms with Crippen LogP contribution in [0.2, 0.25) is 0 Å². The number of ether oxygens (including phenoxy) is 1. The zero-order valence-electron chi connectivity index (χ0n) is 12.4. The van der Waals surface area contributed by atoms with Gasteiger partial charge in [0, 0.05) is 5.54 Å². The number of nitrogens with one attached hydrogen (secondary N) is 1. The molecule has 0 atom stereocenters. The highest BCUT2D eigenvalue weighted by Gasteiger charge is 2.72. The van der Waals surface area contributed by atoms with Gasteiger partial charge in [0.05, 0.1) is 5.92 Å². The minimum Gasteiger partial charge on any atom is -0.481 e. The quantitative estimate of drug-likeness (QED) is 0.833. The van der Waals surface area contributed by atoms with E-state index in [0.29, 0.717) is 11.3 Å². The van der Waals surface area contributed by atoms with E-state index in [9.17, 15) is 9.59 Å². The molecule has 4 fully saturated rings. The van der Waals surface area contributed by atoms with Crippen molar-refractivity contribution in [2.75, 3.05) is 0 Å². The molecule has 0 aromatic carbocycles. The number of carboxylic acid groups (broad SMARTS) is 1. The largest absolute Gasteiger partial charge is 0.481 e. The maximum atomic E-state index is 11.8. The number of aliphatic carboxylic acids is 1. The summed E-state index contributed by atoms with van der Waals surface area (Å²) < 4.78 is 5.29. The van der Waals surface area contributed by atoms with Crippen LogP contribution in [0.4, 0.5) is 4.79 Å². The molecule has 0 aromatic heterocycles. The molecule has 4 aliphatic carbocycles. The lowest BCUT2D eigenvalue weighted by Crippen LogP contribution is -2.77. The zero-order chi connectivity index (χ0) is 14.8. The Labute approximate surface area is 119 Å². The Morgan fingerprint density at radius 3 is 2.20 bits per heavy atom. The highest BCUT2D eigenvalue weighted by Crippen LogP contribution is 2.74. The monoisotopic (exact) mass is 281 g/mol. The van der Waals surface area contributed by atoms with Crippen LogP contribution < -0.4 is 5.32 Å². The summed E-state index contributed by atoms with van der Waals surface area (Å²) in [6.45, 7) is 5.57. The van der Waals surface area contributed by atoms with Gasteiger partial charge in [-0.25, -0.2) is 4.79 Å². The van der Waals surface area contributed by atoms with Gasteiger partial charge in [-0.2, -0.15) is 0 Å². The topological polar surface area (TPSA) is 75.6 Å². The predicted molar refractivity (Wildman–Crippen MR) is 72.2 cm³/mol. The van der Waals surface area contributed by atoms with Gasteiger partial charge in [-0.15, -0.1) is 0 Å². The Kier molecular flexibility index (Phi) is 2.67. The van der Waals surface area contributed by atoms with Crippen LogP contribution in [0.3, 0.4) is 0 Å². The molecule has 0 aromatic rings. The third kappa shape index (κ3) is 2.07. The first kappa shape index (κ1) is 13.7. The van der Waals surface area contributed by atoms with Crippen LogP contribution in [-0.4, -0.2) is 28.3 Å². The SMILES string of the molecule is CC(C)(C)OC(=O)NC12CC(C3CC(C(=O)O)C3)(C1)C2. The lowest BCUT2D eigenvalue weighted by atomic mass is 9.33. The Morgan fingerprint density at radius 2 is 1.75 bits per heavy atom. The number of hydrogen-bond acceptors (Lipinski definition) is 3. The highest BCUT2D eigenvalue weighted by atomic mass is 16.6. The molecule has 112 valence electrons. The summed E-state index contributed by atoms with van der Waals surface area (Å²) in [6, 6.07) is 0. The number of carbonyl (C=O) groups is 2. The van der Waals surface area contributed by atoms with Crippen LogP contribution in [0.5, 0.6) is 0 Å². The smallest absolute Gasteiger partial charge is 0.408 e. The molecule has 20 heavy (non-hydrogen) atoms. The average Bonchev–Trinajstić information content (AvgIpc) is 2.04. The van der Waals surface area contributed by atoms with Gasteiger partial charge in [-0.05, 0) is 64.2 Å². The molecule has 0 saturated heterocycles. The van der Waals surface area contributed by atoms with Gasteiger partial charge in [0.15, 0.2) is 0 Å². The second-order valence-corrected chi connectivity index (χ2v) is 8.00. The summed E-state index contributed by atoms with van der Waals surface area (Å²) in [4.78, 5) is 22.6. The van der Waals surface area contributed by atoms with Gasteiger partial charge >= 0.3 is 12.1 Å². The van der Waals surface area contributed by atoms with Crippen LogP contribution >= 0.6 is 0 Å². The van der Waals surface area contributed by atoms with Crippen molar-refractivity contribution >= 4 is 12.1 Å². The number of alkyl carbamates (subject to hydrolysis) is 1. The number of carboxylic acids is 1. The number of hydrogen-bond donors (Lipinski definition) is 2. The lowest BCUT2D eigenvalue weighted by Gasteiger charge is -2.74. The maximum absolute atomic E-state index is 11.8. The molecule has 2 N–H and O–H groups in total. The fraction of sp³-hybridized carbons (Fsp3) is 0.867. The van der Waals surface area contributed by atoms with Crippen molar-refractivity contribution in [1.82, 2.24) is 5.32 Å². The average molecular weight is 281 g/mol. The molecule has 4 rings (SSSR count). The van der Waals surface area contributed by atoms with Gasteiger partial charge < -0.3 is 15.2 Å². The van der Waals surface area contributed by atoms with Crippen molar-refractivity contribution in [3.05, 3.63) is 0 Å². The Bertz CT molecular complexity index is 439. The Hall–Kier alpha value is -1.26. The molecule has 0 aliphatic heterocycles. The number of carbonyl (C=O) groups excluding carboxylic acids is 1. The molecule has 0 heterocycles. The molecule has 5 nitrogen and oxygen atoms in total. The van der Waals surface area contributed by atoms with E-state index in [4.69, 9.17) is 9.84 Å². The number of amides is 1. The summed E-state index contributed by atoms with van der Waals surface area (Å²) in [5.41, 5.74) is -0.203. The van der Waals surface area contributed by atoms with Crippen LogP contribution in [0.25, 0.3) is 0 Å². The van der Waals surface area contributed by atoms with E-state index in [1.54, 1.807) is 0 Å². The molecule has 4 saturated carbocycles. The Balaban J connectivity index is 1.45. The van der Waals surface area contributed by atoms with E-state index in [1.807, 2.05) is 20.8 Å². The van der Waals surface area contributed by atoms with Crippen molar-refractivity contribution in [2.24, 2.45) is 17.3 Å². The maximum Gasteiger partial charge on any atom is 0.408 e. The summed E-state index contributed by atoms with van der Waals surface area (Å²) >= 11 is 0. The molecule has 4 aliphatic rings. The third-order valence-electron chi connectivity index (χ3n) is 5.19. The first-order chi connectivity index (χ1) is 9.13. The third-order valence-corrected chi connectivity index (χ3v) is 5.19. The van der Waals surface area contributed by atoms with E-state index in [1.165, 1.54) is 0 Å². The molecule has 0 radical (unpaired) electrons. The van der Waals surface area contributed by atoms with Gasteiger partial charge in [-0.1, -0.05) is 0 Å². The summed E-state index contributed by atoms with van der Waals surface area (Å²) in [5, 5.41) is 11.9. The van der Waals surface area contributed by atoms with Crippen LogP contribution in [0.15, 0.2) is 0 Å². The van der Waals surface area contributed by atoms with Crippen LogP contribution in [0.1, 0.15) is 52.9 Å². The van der Waals surface area contributed by atoms with Gasteiger partial charge in [-0.3, -0.25) is 4.79 Å². The molecular formula is C15H23NO4. The van der Waals surface area contributed by atoms with E-state index in [2.05, 4.69) is 5.32 Å².